The fraction of sp³-hybridized carbons (Fsp3) is 0.375. The summed E-state index contributed by atoms with van der Waals surface area (Å²) in [7, 11) is -3.23. The number of nitrogens with one attached hydrogen (secondary N) is 1. The van der Waals surface area contributed by atoms with Crippen molar-refractivity contribution in [3.8, 4) is 0 Å². The van der Waals surface area contributed by atoms with E-state index in [4.69, 9.17) is 0 Å². The number of imide groups is 1. The Kier molecular flexibility index (Phi) is 6.00. The standard InChI is InChI=1S/C24H27N3O5S/c1-17-8-10-19(11-9-17)24(2)22(29)27(23(30)25-24)15-21(28)26(14-18-6-4-3-5-7-18)20-12-13-33(31,32)16-20/h3-11,20H,12-16H2,1-2H3,(H,25,30)/t20-,24-/m1/s1. The van der Waals surface area contributed by atoms with Crippen LogP contribution in [-0.4, -0.2) is 60.2 Å². The molecule has 0 saturated carbocycles. The van der Waals surface area contributed by atoms with Crippen LogP contribution in [0.1, 0.15) is 30.0 Å². The monoisotopic (exact) mass is 469 g/mol. The van der Waals surface area contributed by atoms with Crippen LogP contribution in [0.25, 0.3) is 0 Å². The van der Waals surface area contributed by atoms with Gasteiger partial charge in [-0.25, -0.2) is 13.2 Å². The summed E-state index contributed by atoms with van der Waals surface area (Å²) in [5, 5.41) is 2.71. The summed E-state index contributed by atoms with van der Waals surface area (Å²) in [6, 6.07) is 15.4. The van der Waals surface area contributed by atoms with Crippen molar-refractivity contribution in [3.05, 3.63) is 71.3 Å². The summed E-state index contributed by atoms with van der Waals surface area (Å²) < 4.78 is 24.1. The summed E-state index contributed by atoms with van der Waals surface area (Å²) in [6.45, 7) is 3.30. The highest BCUT2D eigenvalue weighted by atomic mass is 32.2. The molecule has 9 heteroatoms. The van der Waals surface area contributed by atoms with Crippen LogP contribution in [0.4, 0.5) is 4.79 Å². The molecule has 2 fully saturated rings. The lowest BCUT2D eigenvalue weighted by Gasteiger charge is -2.30. The van der Waals surface area contributed by atoms with E-state index in [-0.39, 0.29) is 18.1 Å². The molecule has 4 rings (SSSR count). The lowest BCUT2D eigenvalue weighted by Crippen LogP contribution is -2.48. The van der Waals surface area contributed by atoms with Gasteiger partial charge in [-0.15, -0.1) is 0 Å². The molecular weight excluding hydrogens is 442 g/mol. The highest BCUT2D eigenvalue weighted by Gasteiger charge is 2.50. The van der Waals surface area contributed by atoms with Crippen molar-refractivity contribution in [1.82, 2.24) is 15.1 Å². The Bertz CT molecular complexity index is 1180. The van der Waals surface area contributed by atoms with E-state index in [2.05, 4.69) is 5.32 Å². The van der Waals surface area contributed by atoms with Crippen molar-refractivity contribution >= 4 is 27.7 Å². The summed E-state index contributed by atoms with van der Waals surface area (Å²) in [4.78, 5) is 41.7. The van der Waals surface area contributed by atoms with Gasteiger partial charge in [-0.1, -0.05) is 60.2 Å². The molecule has 0 unspecified atom stereocenters. The molecule has 2 aromatic rings. The van der Waals surface area contributed by atoms with Gasteiger partial charge in [-0.3, -0.25) is 14.5 Å². The summed E-state index contributed by atoms with van der Waals surface area (Å²) in [5.41, 5.74) is 1.22. The first kappa shape index (κ1) is 23.0. The molecule has 8 nitrogen and oxygen atoms in total. The number of sulfone groups is 1. The molecule has 0 bridgehead atoms. The second-order valence-corrected chi connectivity index (χ2v) is 11.1. The topological polar surface area (TPSA) is 104 Å². The Labute approximate surface area is 193 Å². The quantitative estimate of drug-likeness (QED) is 0.652. The smallest absolute Gasteiger partial charge is 0.325 e. The van der Waals surface area contributed by atoms with Crippen molar-refractivity contribution < 1.29 is 22.8 Å². The van der Waals surface area contributed by atoms with Gasteiger partial charge >= 0.3 is 6.03 Å². The molecule has 2 aromatic carbocycles. The molecule has 0 spiro atoms. The van der Waals surface area contributed by atoms with Gasteiger partial charge in [-0.2, -0.15) is 0 Å². The maximum atomic E-state index is 13.3. The number of benzene rings is 2. The fourth-order valence-corrected chi connectivity index (χ4v) is 6.10. The molecule has 4 amide bonds. The molecule has 2 aliphatic rings. The maximum Gasteiger partial charge on any atom is 0.325 e. The van der Waals surface area contributed by atoms with E-state index in [1.807, 2.05) is 49.4 Å². The number of urea groups is 1. The first-order chi connectivity index (χ1) is 15.6. The number of amides is 4. The Morgan fingerprint density at radius 3 is 2.39 bits per heavy atom. The van der Waals surface area contributed by atoms with Crippen LogP contribution in [0.15, 0.2) is 54.6 Å². The summed E-state index contributed by atoms with van der Waals surface area (Å²) in [6.07, 6.45) is 0.335. The zero-order chi connectivity index (χ0) is 23.8. The van der Waals surface area contributed by atoms with Crippen LogP contribution in [0.2, 0.25) is 0 Å². The van der Waals surface area contributed by atoms with Crippen molar-refractivity contribution in [2.45, 2.75) is 38.4 Å². The van der Waals surface area contributed by atoms with Crippen LogP contribution < -0.4 is 5.32 Å². The third-order valence-electron chi connectivity index (χ3n) is 6.36. The zero-order valence-electron chi connectivity index (χ0n) is 18.7. The van der Waals surface area contributed by atoms with Gasteiger partial charge in [0.05, 0.1) is 11.5 Å². The number of carbonyl (C=O) groups excluding carboxylic acids is 3. The minimum absolute atomic E-state index is 0.0187. The van der Waals surface area contributed by atoms with E-state index in [1.165, 1.54) is 4.90 Å². The van der Waals surface area contributed by atoms with Gasteiger partial charge in [0.25, 0.3) is 5.91 Å². The van der Waals surface area contributed by atoms with Gasteiger partial charge < -0.3 is 10.2 Å². The highest BCUT2D eigenvalue weighted by Crippen LogP contribution is 2.29. The first-order valence-electron chi connectivity index (χ1n) is 10.8. The van der Waals surface area contributed by atoms with Crippen molar-refractivity contribution in [3.63, 3.8) is 0 Å². The molecule has 0 aromatic heterocycles. The predicted molar refractivity (Wildman–Crippen MR) is 123 cm³/mol. The molecule has 2 atom stereocenters. The van der Waals surface area contributed by atoms with Crippen LogP contribution in [-0.2, 0) is 31.5 Å². The third-order valence-corrected chi connectivity index (χ3v) is 8.11. The highest BCUT2D eigenvalue weighted by molar-refractivity contribution is 7.91. The molecule has 33 heavy (non-hydrogen) atoms. The fourth-order valence-electron chi connectivity index (χ4n) is 4.37. The van der Waals surface area contributed by atoms with Crippen LogP contribution in [0, 0.1) is 6.92 Å². The third kappa shape index (κ3) is 4.64. The number of carbonyl (C=O) groups is 3. The number of hydrogen-bond acceptors (Lipinski definition) is 5. The van der Waals surface area contributed by atoms with Gasteiger partial charge in [0.2, 0.25) is 5.91 Å². The molecule has 0 aliphatic carbocycles. The van der Waals surface area contributed by atoms with Crippen LogP contribution in [0.5, 0.6) is 0 Å². The average molecular weight is 470 g/mol. The molecule has 2 heterocycles. The lowest BCUT2D eigenvalue weighted by atomic mass is 9.91. The van der Waals surface area contributed by atoms with Crippen LogP contribution in [0.3, 0.4) is 0 Å². The lowest BCUT2D eigenvalue weighted by molar-refractivity contribution is -0.140. The van der Waals surface area contributed by atoms with Crippen molar-refractivity contribution in [2.24, 2.45) is 0 Å². The number of nitrogens with zero attached hydrogens (tertiary/aromatic N) is 2. The molecule has 174 valence electrons. The van der Waals surface area contributed by atoms with E-state index >= 15 is 0 Å². The second-order valence-electron chi connectivity index (χ2n) is 8.88. The number of hydrogen-bond donors (Lipinski definition) is 1. The summed E-state index contributed by atoms with van der Waals surface area (Å²) >= 11 is 0. The molecular formula is C24H27N3O5S. The summed E-state index contributed by atoms with van der Waals surface area (Å²) in [5.74, 6) is -1.07. The van der Waals surface area contributed by atoms with E-state index < -0.39 is 45.8 Å². The Hall–Kier alpha value is -3.20. The second kappa shape index (κ2) is 8.62. The van der Waals surface area contributed by atoms with E-state index in [1.54, 1.807) is 19.1 Å². The normalized spacial score (nSPS) is 24.1. The number of aryl methyl sites for hydroxylation is 1. The first-order valence-corrected chi connectivity index (χ1v) is 12.7. The van der Waals surface area contributed by atoms with Gasteiger partial charge in [0.15, 0.2) is 9.84 Å². The molecule has 2 aliphatic heterocycles. The molecule has 0 radical (unpaired) electrons. The zero-order valence-corrected chi connectivity index (χ0v) is 19.5. The van der Waals surface area contributed by atoms with E-state index in [0.29, 0.717) is 12.0 Å². The van der Waals surface area contributed by atoms with Crippen LogP contribution >= 0.6 is 0 Å². The van der Waals surface area contributed by atoms with Gasteiger partial charge in [0.1, 0.15) is 12.1 Å². The molecule has 2 saturated heterocycles. The van der Waals surface area contributed by atoms with Crippen molar-refractivity contribution in [2.75, 3.05) is 18.1 Å². The average Bonchev–Trinajstić information content (AvgIpc) is 3.24. The maximum absolute atomic E-state index is 13.3. The van der Waals surface area contributed by atoms with E-state index in [0.717, 1.165) is 16.0 Å². The molecule has 1 N–H and O–H groups in total. The Balaban J connectivity index is 1.56. The van der Waals surface area contributed by atoms with Gasteiger partial charge in [-0.05, 0) is 31.4 Å². The van der Waals surface area contributed by atoms with Crippen molar-refractivity contribution in [1.29, 1.82) is 0 Å². The SMILES string of the molecule is Cc1ccc([C@@]2(C)NC(=O)N(CC(=O)N(Cc3ccccc3)[C@@H]3CCS(=O)(=O)C3)C2=O)cc1. The predicted octanol–water partition coefficient (Wildman–Crippen LogP) is 1.98. The van der Waals surface area contributed by atoms with Gasteiger partial charge in [0, 0.05) is 12.6 Å². The minimum atomic E-state index is -3.23. The minimum Gasteiger partial charge on any atom is -0.333 e. The Morgan fingerprint density at radius 2 is 1.79 bits per heavy atom. The number of rotatable bonds is 6. The largest absolute Gasteiger partial charge is 0.333 e. The Morgan fingerprint density at radius 1 is 1.12 bits per heavy atom. The van der Waals surface area contributed by atoms with E-state index in [9.17, 15) is 22.8 Å².